The van der Waals surface area contributed by atoms with E-state index in [4.69, 9.17) is 0 Å². The number of nitrogens with one attached hydrogen (secondary N) is 1. The molecule has 21 heavy (non-hydrogen) atoms. The van der Waals surface area contributed by atoms with E-state index in [0.29, 0.717) is 4.90 Å². The third kappa shape index (κ3) is 3.16. The number of benzene rings is 1. The molecule has 0 saturated heterocycles. The zero-order chi connectivity index (χ0) is 15.6. The van der Waals surface area contributed by atoms with Crippen molar-refractivity contribution in [3.63, 3.8) is 0 Å². The van der Waals surface area contributed by atoms with Crippen LogP contribution in [0.15, 0.2) is 29.2 Å². The molecule has 6 heteroatoms. The van der Waals surface area contributed by atoms with Crippen molar-refractivity contribution in [2.24, 2.45) is 5.41 Å². The van der Waals surface area contributed by atoms with Crippen molar-refractivity contribution in [3.05, 3.63) is 34.4 Å². The average Bonchev–Trinajstić information content (AvgIpc) is 2.45. The molecule has 0 spiro atoms. The number of rotatable bonds is 4. The van der Waals surface area contributed by atoms with Gasteiger partial charge in [-0.1, -0.05) is 32.4 Å². The molecule has 0 amide bonds. The number of para-hydroxylation sites is 1. The van der Waals surface area contributed by atoms with Crippen molar-refractivity contribution >= 4 is 16.5 Å². The zero-order valence-corrected chi connectivity index (χ0v) is 13.5. The van der Waals surface area contributed by atoms with Crippen LogP contribution < -0.4 is 5.32 Å². The number of nitrogens with zero attached hydrogens (tertiary/aromatic N) is 1. The van der Waals surface area contributed by atoms with E-state index in [9.17, 15) is 14.3 Å². The minimum absolute atomic E-state index is 0.0386. The van der Waals surface area contributed by atoms with E-state index in [2.05, 4.69) is 19.2 Å². The van der Waals surface area contributed by atoms with Gasteiger partial charge < -0.3 is 5.32 Å². The molecule has 1 saturated carbocycles. The summed E-state index contributed by atoms with van der Waals surface area (Å²) >= 11 is 0. The van der Waals surface area contributed by atoms with E-state index in [1.54, 1.807) is 18.2 Å². The summed E-state index contributed by atoms with van der Waals surface area (Å²) in [6.45, 7) is 4.33. The van der Waals surface area contributed by atoms with Gasteiger partial charge in [0.15, 0.2) is 0 Å². The molecule has 1 fully saturated rings. The molecule has 0 aromatic heterocycles. The Bertz CT molecular complexity index is 560. The second-order valence-electron chi connectivity index (χ2n) is 6.21. The summed E-state index contributed by atoms with van der Waals surface area (Å²) in [5, 5.41) is 14.3. The van der Waals surface area contributed by atoms with E-state index in [1.165, 1.54) is 6.07 Å². The molecule has 1 aromatic rings. The van der Waals surface area contributed by atoms with Gasteiger partial charge in [-0.15, -0.1) is 0 Å². The third-order valence-electron chi connectivity index (χ3n) is 4.39. The molecule has 0 radical (unpaired) electrons. The highest BCUT2D eigenvalue weighted by atomic mass is 32.2. The Hall–Kier alpha value is -1.27. The molecule has 5 nitrogen and oxygen atoms in total. The first-order chi connectivity index (χ1) is 9.88. The summed E-state index contributed by atoms with van der Waals surface area (Å²) < 4.78 is 12.9. The summed E-state index contributed by atoms with van der Waals surface area (Å²) in [6.07, 6.45) is 2.90. The normalized spacial score (nSPS) is 26.2. The maximum atomic E-state index is 12.9. The van der Waals surface area contributed by atoms with Crippen LogP contribution in [0.1, 0.15) is 33.1 Å². The quantitative estimate of drug-likeness (QED) is 0.685. The standard InChI is InChI=1S/C15H22N2O3S/c1-15(2)10-6-9-13(14(15)16-3)21(20)12-8-5-4-7-11(12)17(18)19/h4-5,7-8,13-14,16H,6,9-10H2,1-3H3. The number of nitro benzene ring substituents is 1. The van der Waals surface area contributed by atoms with Crippen LogP contribution in [0, 0.1) is 15.5 Å². The van der Waals surface area contributed by atoms with Gasteiger partial charge in [-0.3, -0.25) is 14.3 Å². The lowest BCUT2D eigenvalue weighted by atomic mass is 9.73. The lowest BCUT2D eigenvalue weighted by molar-refractivity contribution is -0.387. The summed E-state index contributed by atoms with van der Waals surface area (Å²) in [7, 11) is 0.494. The van der Waals surface area contributed by atoms with Gasteiger partial charge in [-0.25, -0.2) is 0 Å². The molecule has 2 rings (SSSR count). The van der Waals surface area contributed by atoms with Gasteiger partial charge in [0.25, 0.3) is 5.69 Å². The Morgan fingerprint density at radius 3 is 2.67 bits per heavy atom. The van der Waals surface area contributed by atoms with Crippen LogP contribution >= 0.6 is 0 Å². The molecule has 3 unspecified atom stereocenters. The maximum Gasteiger partial charge on any atom is 0.285 e. The van der Waals surface area contributed by atoms with E-state index < -0.39 is 15.7 Å². The lowest BCUT2D eigenvalue weighted by Crippen LogP contribution is -2.52. The predicted molar refractivity (Wildman–Crippen MR) is 83.8 cm³/mol. The first-order valence-electron chi connectivity index (χ1n) is 7.20. The molecule has 1 aromatic carbocycles. The number of nitro groups is 1. The minimum Gasteiger partial charge on any atom is -0.315 e. The Morgan fingerprint density at radius 2 is 2.05 bits per heavy atom. The number of hydrogen-bond acceptors (Lipinski definition) is 4. The second-order valence-corrected chi connectivity index (χ2v) is 7.85. The van der Waals surface area contributed by atoms with Crippen molar-refractivity contribution in [2.45, 2.75) is 49.3 Å². The monoisotopic (exact) mass is 310 g/mol. The van der Waals surface area contributed by atoms with Crippen molar-refractivity contribution < 1.29 is 9.13 Å². The molecule has 1 N–H and O–H groups in total. The van der Waals surface area contributed by atoms with Gasteiger partial charge in [-0.05, 0) is 31.4 Å². The molecule has 116 valence electrons. The van der Waals surface area contributed by atoms with E-state index in [0.717, 1.165) is 19.3 Å². The lowest BCUT2D eigenvalue weighted by Gasteiger charge is -2.43. The SMILES string of the molecule is CNC1C(S(=O)c2ccccc2[N+](=O)[O-])CCCC1(C)C. The zero-order valence-electron chi connectivity index (χ0n) is 12.7. The van der Waals surface area contributed by atoms with Crippen LogP contribution in [0.5, 0.6) is 0 Å². The molecule has 1 aliphatic carbocycles. The largest absolute Gasteiger partial charge is 0.315 e. The van der Waals surface area contributed by atoms with E-state index in [1.807, 2.05) is 7.05 Å². The Balaban J connectivity index is 2.37. The fourth-order valence-electron chi connectivity index (χ4n) is 3.33. The van der Waals surface area contributed by atoms with Gasteiger partial charge in [-0.2, -0.15) is 0 Å². The summed E-state index contributed by atoms with van der Waals surface area (Å²) in [4.78, 5) is 11.0. The van der Waals surface area contributed by atoms with Crippen molar-refractivity contribution in [1.82, 2.24) is 5.32 Å². The van der Waals surface area contributed by atoms with Crippen LogP contribution in [0.25, 0.3) is 0 Å². The van der Waals surface area contributed by atoms with Crippen LogP contribution in [-0.4, -0.2) is 27.5 Å². The predicted octanol–water partition coefficient (Wildman–Crippen LogP) is 2.87. The highest BCUT2D eigenvalue weighted by Gasteiger charge is 2.42. The van der Waals surface area contributed by atoms with Gasteiger partial charge in [0.2, 0.25) is 0 Å². The first kappa shape index (κ1) is 16.1. The highest BCUT2D eigenvalue weighted by Crippen LogP contribution is 2.39. The average molecular weight is 310 g/mol. The molecule has 3 atom stereocenters. The van der Waals surface area contributed by atoms with Gasteiger partial charge in [0.05, 0.1) is 21.0 Å². The minimum atomic E-state index is -1.38. The Labute approximate surface area is 127 Å². The van der Waals surface area contributed by atoms with Crippen molar-refractivity contribution in [3.8, 4) is 0 Å². The van der Waals surface area contributed by atoms with Crippen LogP contribution in [0.4, 0.5) is 5.69 Å². The Morgan fingerprint density at radius 1 is 1.38 bits per heavy atom. The molecular formula is C15H22N2O3S. The van der Waals surface area contributed by atoms with Crippen molar-refractivity contribution in [2.75, 3.05) is 7.05 Å². The van der Waals surface area contributed by atoms with Crippen molar-refractivity contribution in [1.29, 1.82) is 0 Å². The van der Waals surface area contributed by atoms with E-state index >= 15 is 0 Å². The first-order valence-corrected chi connectivity index (χ1v) is 8.41. The Kier molecular flexibility index (Phi) is 4.78. The fraction of sp³-hybridized carbons (Fsp3) is 0.600. The molecule has 0 heterocycles. The summed E-state index contributed by atoms with van der Waals surface area (Å²) in [5.74, 6) is 0. The van der Waals surface area contributed by atoms with Gasteiger partial charge in [0, 0.05) is 12.1 Å². The van der Waals surface area contributed by atoms with Crippen LogP contribution in [-0.2, 0) is 10.8 Å². The molecular weight excluding hydrogens is 288 g/mol. The van der Waals surface area contributed by atoms with Gasteiger partial charge >= 0.3 is 0 Å². The number of hydrogen-bond donors (Lipinski definition) is 1. The van der Waals surface area contributed by atoms with Gasteiger partial charge in [0.1, 0.15) is 4.90 Å². The van der Waals surface area contributed by atoms with Crippen LogP contribution in [0.3, 0.4) is 0 Å². The molecule has 1 aliphatic rings. The maximum absolute atomic E-state index is 12.9. The summed E-state index contributed by atoms with van der Waals surface area (Å²) in [6, 6.07) is 6.45. The molecule has 0 aliphatic heterocycles. The second kappa shape index (κ2) is 6.23. The van der Waals surface area contributed by atoms with Crippen LogP contribution in [0.2, 0.25) is 0 Å². The smallest absolute Gasteiger partial charge is 0.285 e. The molecule has 0 bridgehead atoms. The third-order valence-corrected chi connectivity index (χ3v) is 6.22. The van der Waals surface area contributed by atoms with E-state index in [-0.39, 0.29) is 22.4 Å². The highest BCUT2D eigenvalue weighted by molar-refractivity contribution is 7.86. The summed E-state index contributed by atoms with van der Waals surface area (Å²) in [5.41, 5.74) is -0.00858. The fourth-order valence-corrected chi connectivity index (χ4v) is 5.35. The topological polar surface area (TPSA) is 72.2 Å².